The molecule has 1 fully saturated rings. The average Bonchev–Trinajstić information content (AvgIpc) is 2.63. The topological polar surface area (TPSA) is 28.0 Å². The molecule has 15 heavy (non-hydrogen) atoms. The first kappa shape index (κ1) is 10.7. The monoisotopic (exact) mass is 223 g/mol. The zero-order valence-corrected chi connectivity index (χ0v) is 9.75. The summed E-state index contributed by atoms with van der Waals surface area (Å²) in [6.45, 7) is 4.52. The van der Waals surface area contributed by atoms with E-state index in [0.717, 1.165) is 6.54 Å². The van der Waals surface area contributed by atoms with E-state index >= 15 is 0 Å². The zero-order chi connectivity index (χ0) is 10.7. The van der Waals surface area contributed by atoms with Gasteiger partial charge in [-0.25, -0.2) is 0 Å². The lowest BCUT2D eigenvalue weighted by molar-refractivity contribution is 0.210. The quantitative estimate of drug-likeness (QED) is 0.543. The van der Waals surface area contributed by atoms with Gasteiger partial charge in [0.15, 0.2) is 0 Å². The molecule has 0 N–H and O–H groups in total. The third kappa shape index (κ3) is 2.25. The van der Waals surface area contributed by atoms with Crippen LogP contribution < -0.4 is 0 Å². The van der Waals surface area contributed by atoms with Crippen molar-refractivity contribution in [1.29, 1.82) is 0 Å². The molecule has 0 radical (unpaired) electrons. The van der Waals surface area contributed by atoms with E-state index in [0.29, 0.717) is 11.0 Å². The van der Waals surface area contributed by atoms with Gasteiger partial charge in [-0.1, -0.05) is 25.3 Å². The molecule has 82 valence electrons. The fourth-order valence-corrected chi connectivity index (χ4v) is 2.68. The molecule has 1 aliphatic heterocycles. The number of rotatable bonds is 3. The van der Waals surface area contributed by atoms with Gasteiger partial charge >= 0.3 is 0 Å². The van der Waals surface area contributed by atoms with Crippen LogP contribution in [0.15, 0.2) is 22.9 Å². The SMILES string of the molecule is C=CCN1C(=S)N=NC1C1CCCCC1. The van der Waals surface area contributed by atoms with Crippen LogP contribution in [-0.2, 0) is 0 Å². The van der Waals surface area contributed by atoms with Crippen molar-refractivity contribution in [2.75, 3.05) is 6.54 Å². The maximum Gasteiger partial charge on any atom is 0.218 e. The highest BCUT2D eigenvalue weighted by Crippen LogP contribution is 2.32. The van der Waals surface area contributed by atoms with E-state index < -0.39 is 0 Å². The smallest absolute Gasteiger partial charge is 0.218 e. The molecule has 1 atom stereocenters. The number of thiocarbonyl (C=S) groups is 1. The Morgan fingerprint density at radius 3 is 2.80 bits per heavy atom. The molecule has 2 aliphatic rings. The third-order valence-corrected chi connectivity index (χ3v) is 3.54. The minimum absolute atomic E-state index is 0.191. The van der Waals surface area contributed by atoms with Crippen LogP contribution in [0.5, 0.6) is 0 Å². The second-order valence-electron chi connectivity index (χ2n) is 4.25. The molecule has 2 rings (SSSR count). The van der Waals surface area contributed by atoms with Crippen molar-refractivity contribution >= 4 is 17.3 Å². The molecular weight excluding hydrogens is 206 g/mol. The Kier molecular flexibility index (Phi) is 3.46. The van der Waals surface area contributed by atoms with Crippen molar-refractivity contribution < 1.29 is 0 Å². The summed E-state index contributed by atoms with van der Waals surface area (Å²) in [5.41, 5.74) is 0. The van der Waals surface area contributed by atoms with Crippen LogP contribution in [0.3, 0.4) is 0 Å². The predicted molar refractivity (Wildman–Crippen MR) is 64.7 cm³/mol. The van der Waals surface area contributed by atoms with Crippen LogP contribution in [0.1, 0.15) is 32.1 Å². The van der Waals surface area contributed by atoms with E-state index in [1.807, 2.05) is 6.08 Å². The number of hydrogen-bond donors (Lipinski definition) is 0. The molecule has 1 unspecified atom stereocenters. The third-order valence-electron chi connectivity index (χ3n) is 3.22. The summed E-state index contributed by atoms with van der Waals surface area (Å²) in [7, 11) is 0. The van der Waals surface area contributed by atoms with E-state index in [1.165, 1.54) is 32.1 Å². The molecule has 0 spiro atoms. The van der Waals surface area contributed by atoms with Gasteiger partial charge in [0, 0.05) is 12.5 Å². The van der Waals surface area contributed by atoms with Crippen molar-refractivity contribution in [1.82, 2.24) is 4.90 Å². The van der Waals surface area contributed by atoms with Crippen LogP contribution in [0.4, 0.5) is 0 Å². The van der Waals surface area contributed by atoms with Gasteiger partial charge in [-0.2, -0.15) is 5.11 Å². The van der Waals surface area contributed by atoms with Gasteiger partial charge in [-0.3, -0.25) is 0 Å². The summed E-state index contributed by atoms with van der Waals surface area (Å²) in [6, 6.07) is 0. The van der Waals surface area contributed by atoms with E-state index in [-0.39, 0.29) is 6.17 Å². The normalized spacial score (nSPS) is 27.3. The molecule has 1 aliphatic carbocycles. The lowest BCUT2D eigenvalue weighted by atomic mass is 9.87. The van der Waals surface area contributed by atoms with Crippen LogP contribution in [0.2, 0.25) is 0 Å². The fourth-order valence-electron chi connectivity index (χ4n) is 2.45. The molecule has 0 aromatic heterocycles. The summed E-state index contributed by atoms with van der Waals surface area (Å²) >= 11 is 5.17. The maximum atomic E-state index is 5.17. The van der Waals surface area contributed by atoms with Gasteiger partial charge in [0.25, 0.3) is 0 Å². The van der Waals surface area contributed by atoms with Gasteiger partial charge in [-0.05, 0) is 25.1 Å². The van der Waals surface area contributed by atoms with Crippen LogP contribution in [0.25, 0.3) is 0 Å². The van der Waals surface area contributed by atoms with E-state index in [1.54, 1.807) is 0 Å². The van der Waals surface area contributed by atoms with Crippen LogP contribution in [0, 0.1) is 5.92 Å². The predicted octanol–water partition coefficient (Wildman–Crippen LogP) is 3.13. The molecule has 1 saturated carbocycles. The van der Waals surface area contributed by atoms with Gasteiger partial charge in [0.2, 0.25) is 5.11 Å². The summed E-state index contributed by atoms with van der Waals surface area (Å²) in [5.74, 6) is 0.642. The zero-order valence-electron chi connectivity index (χ0n) is 8.93. The van der Waals surface area contributed by atoms with Gasteiger partial charge in [0.1, 0.15) is 6.17 Å². The minimum Gasteiger partial charge on any atom is -0.318 e. The second kappa shape index (κ2) is 4.84. The first-order valence-electron chi connectivity index (χ1n) is 5.65. The Hall–Kier alpha value is -0.770. The highest BCUT2D eigenvalue weighted by Gasteiger charge is 2.33. The Morgan fingerprint density at radius 1 is 1.40 bits per heavy atom. The summed E-state index contributed by atoms with van der Waals surface area (Å²) < 4.78 is 0. The molecule has 1 heterocycles. The van der Waals surface area contributed by atoms with Gasteiger partial charge < -0.3 is 4.90 Å². The van der Waals surface area contributed by atoms with E-state index in [2.05, 4.69) is 21.7 Å². The molecule has 0 bridgehead atoms. The van der Waals surface area contributed by atoms with Crippen LogP contribution >= 0.6 is 12.2 Å². The van der Waals surface area contributed by atoms with Crippen molar-refractivity contribution in [3.05, 3.63) is 12.7 Å². The van der Waals surface area contributed by atoms with Crippen molar-refractivity contribution in [2.24, 2.45) is 16.1 Å². The molecule has 0 aromatic rings. The molecule has 4 heteroatoms. The lowest BCUT2D eigenvalue weighted by Crippen LogP contribution is -2.38. The molecular formula is C11H17N3S. The number of hydrogen-bond acceptors (Lipinski definition) is 2. The molecule has 0 aromatic carbocycles. The fraction of sp³-hybridized carbons (Fsp3) is 0.727. The largest absolute Gasteiger partial charge is 0.318 e. The Labute approximate surface area is 96.3 Å². The lowest BCUT2D eigenvalue weighted by Gasteiger charge is -2.31. The Morgan fingerprint density at radius 2 is 2.13 bits per heavy atom. The first-order chi connectivity index (χ1) is 7.33. The standard InChI is InChI=1S/C11H17N3S/c1-2-8-14-10(12-13-11(14)15)9-6-4-3-5-7-9/h2,9-10H,1,3-8H2. The number of azo groups is 1. The molecule has 0 amide bonds. The Bertz CT molecular complexity index is 282. The summed E-state index contributed by atoms with van der Waals surface area (Å²) in [6.07, 6.45) is 8.61. The second-order valence-corrected chi connectivity index (χ2v) is 4.62. The van der Waals surface area contributed by atoms with Gasteiger partial charge in [0.05, 0.1) is 0 Å². The van der Waals surface area contributed by atoms with E-state index in [4.69, 9.17) is 12.2 Å². The molecule has 3 nitrogen and oxygen atoms in total. The summed E-state index contributed by atoms with van der Waals surface area (Å²) in [5, 5.41) is 8.96. The minimum atomic E-state index is 0.191. The highest BCUT2D eigenvalue weighted by molar-refractivity contribution is 7.80. The van der Waals surface area contributed by atoms with Crippen LogP contribution in [-0.4, -0.2) is 22.7 Å². The van der Waals surface area contributed by atoms with Crippen molar-refractivity contribution in [3.8, 4) is 0 Å². The van der Waals surface area contributed by atoms with E-state index in [9.17, 15) is 0 Å². The first-order valence-corrected chi connectivity index (χ1v) is 6.06. The highest BCUT2D eigenvalue weighted by atomic mass is 32.1. The van der Waals surface area contributed by atoms with Crippen molar-refractivity contribution in [3.63, 3.8) is 0 Å². The molecule has 0 saturated heterocycles. The summed E-state index contributed by atoms with van der Waals surface area (Å²) in [4.78, 5) is 2.10. The maximum absolute atomic E-state index is 5.17. The number of nitrogens with zero attached hydrogens (tertiary/aromatic N) is 3. The van der Waals surface area contributed by atoms with Crippen molar-refractivity contribution in [2.45, 2.75) is 38.3 Å². The Balaban J connectivity index is 2.03. The van der Waals surface area contributed by atoms with Gasteiger partial charge in [-0.15, -0.1) is 11.7 Å². The average molecular weight is 223 g/mol.